The summed E-state index contributed by atoms with van der Waals surface area (Å²) < 4.78 is 33.3. The lowest BCUT2D eigenvalue weighted by molar-refractivity contribution is -0.136. The third kappa shape index (κ3) is 7.75. The predicted molar refractivity (Wildman–Crippen MR) is 131 cm³/mol. The van der Waals surface area contributed by atoms with E-state index in [2.05, 4.69) is 4.72 Å². The van der Waals surface area contributed by atoms with Crippen LogP contribution in [0.15, 0.2) is 89.8 Å². The average molecular weight is 482 g/mol. The molecule has 3 N–H and O–H groups in total. The van der Waals surface area contributed by atoms with Crippen molar-refractivity contribution in [1.29, 1.82) is 0 Å². The fraction of sp³-hybridized carbons (Fsp3) is 0.192. The van der Waals surface area contributed by atoms with Gasteiger partial charge in [-0.3, -0.25) is 9.52 Å². The largest absolute Gasteiger partial charge is 0.493 e. The average Bonchev–Trinajstić information content (AvgIpc) is 2.82. The van der Waals surface area contributed by atoms with Gasteiger partial charge in [0.05, 0.1) is 17.6 Å². The zero-order chi connectivity index (χ0) is 24.4. The highest BCUT2D eigenvalue weighted by molar-refractivity contribution is 7.92. The second-order valence-corrected chi connectivity index (χ2v) is 9.29. The zero-order valence-corrected chi connectivity index (χ0v) is 19.3. The molecule has 0 aliphatic rings. The minimum Gasteiger partial charge on any atom is -0.493 e. The van der Waals surface area contributed by atoms with E-state index in [0.717, 1.165) is 11.1 Å². The Morgan fingerprint density at radius 3 is 2.50 bits per heavy atom. The quantitative estimate of drug-likeness (QED) is 0.355. The molecule has 0 saturated heterocycles. The van der Waals surface area contributed by atoms with Gasteiger partial charge in [-0.25, -0.2) is 8.42 Å². The number of carboxylic acids is 1. The van der Waals surface area contributed by atoms with Gasteiger partial charge in [0.1, 0.15) is 5.75 Å². The Bertz CT molecular complexity index is 1220. The molecular weight excluding hydrogens is 454 g/mol. The molecule has 0 bridgehead atoms. The molecule has 7 nitrogen and oxygen atoms in total. The second kappa shape index (κ2) is 12.0. The Hall–Kier alpha value is -3.62. The van der Waals surface area contributed by atoms with Crippen molar-refractivity contribution in [2.45, 2.75) is 30.3 Å². The van der Waals surface area contributed by atoms with Crippen molar-refractivity contribution in [3.8, 4) is 5.75 Å². The van der Waals surface area contributed by atoms with Gasteiger partial charge in [0.2, 0.25) is 0 Å². The molecule has 3 aromatic carbocycles. The number of carbonyl (C=O) groups is 1. The van der Waals surface area contributed by atoms with Crippen LogP contribution < -0.4 is 9.46 Å². The minimum absolute atomic E-state index is 0.0201. The van der Waals surface area contributed by atoms with Crippen molar-refractivity contribution in [1.82, 2.24) is 0 Å². The van der Waals surface area contributed by atoms with Gasteiger partial charge < -0.3 is 14.9 Å². The van der Waals surface area contributed by atoms with E-state index in [-0.39, 0.29) is 17.9 Å². The van der Waals surface area contributed by atoms with E-state index in [0.29, 0.717) is 24.3 Å². The SMILES string of the molecule is O=C(O)CCc1ccccc1OCC[C@@H](O)/C=C\c1cccc(NS(=O)(=O)c2ccccc2)c1. The van der Waals surface area contributed by atoms with Crippen molar-refractivity contribution < 1.29 is 28.2 Å². The summed E-state index contributed by atoms with van der Waals surface area (Å²) in [4.78, 5) is 11.0. The summed E-state index contributed by atoms with van der Waals surface area (Å²) in [5.41, 5.74) is 1.96. The van der Waals surface area contributed by atoms with Crippen LogP contribution in [0.5, 0.6) is 5.75 Å². The summed E-state index contributed by atoms with van der Waals surface area (Å²) in [5, 5.41) is 19.2. The molecule has 8 heteroatoms. The van der Waals surface area contributed by atoms with E-state index in [4.69, 9.17) is 9.84 Å². The number of para-hydroxylation sites is 1. The number of anilines is 1. The molecule has 0 heterocycles. The van der Waals surface area contributed by atoms with E-state index in [9.17, 15) is 18.3 Å². The molecule has 0 unspecified atom stereocenters. The van der Waals surface area contributed by atoms with Crippen molar-refractivity contribution in [2.75, 3.05) is 11.3 Å². The smallest absolute Gasteiger partial charge is 0.303 e. The van der Waals surface area contributed by atoms with Crippen LogP contribution >= 0.6 is 0 Å². The van der Waals surface area contributed by atoms with Crippen LogP contribution in [-0.4, -0.2) is 37.3 Å². The van der Waals surface area contributed by atoms with Crippen LogP contribution in [0.2, 0.25) is 0 Å². The number of hydrogen-bond acceptors (Lipinski definition) is 5. The van der Waals surface area contributed by atoms with E-state index in [1.54, 1.807) is 60.7 Å². The normalized spacial score (nSPS) is 12.4. The molecule has 3 rings (SSSR count). The topological polar surface area (TPSA) is 113 Å². The second-order valence-electron chi connectivity index (χ2n) is 7.61. The molecule has 0 radical (unpaired) electrons. The summed E-state index contributed by atoms with van der Waals surface area (Å²) in [6, 6.07) is 22.2. The van der Waals surface area contributed by atoms with Gasteiger partial charge >= 0.3 is 5.97 Å². The fourth-order valence-corrected chi connectivity index (χ4v) is 4.29. The molecular formula is C26H27NO6S. The van der Waals surface area contributed by atoms with Gasteiger partial charge in [0.15, 0.2) is 0 Å². The van der Waals surface area contributed by atoms with Gasteiger partial charge in [-0.1, -0.05) is 60.7 Å². The van der Waals surface area contributed by atoms with Crippen LogP contribution in [0.1, 0.15) is 24.0 Å². The Balaban J connectivity index is 1.54. The number of nitrogens with one attached hydrogen (secondary N) is 1. The Kier molecular flexibility index (Phi) is 8.84. The van der Waals surface area contributed by atoms with Crippen LogP contribution in [0, 0.1) is 0 Å². The third-order valence-corrected chi connectivity index (χ3v) is 6.35. The maximum Gasteiger partial charge on any atom is 0.303 e. The number of rotatable bonds is 12. The molecule has 1 atom stereocenters. The number of aliphatic hydroxyl groups excluding tert-OH is 1. The zero-order valence-electron chi connectivity index (χ0n) is 18.5. The lowest BCUT2D eigenvalue weighted by Gasteiger charge is -2.12. The van der Waals surface area contributed by atoms with Gasteiger partial charge in [0.25, 0.3) is 10.0 Å². The van der Waals surface area contributed by atoms with E-state index < -0.39 is 22.1 Å². The highest BCUT2D eigenvalue weighted by Crippen LogP contribution is 2.21. The number of aryl methyl sites for hydroxylation is 1. The molecule has 34 heavy (non-hydrogen) atoms. The summed E-state index contributed by atoms with van der Waals surface area (Å²) >= 11 is 0. The molecule has 0 spiro atoms. The maximum absolute atomic E-state index is 12.5. The number of aliphatic hydroxyl groups is 1. The first-order valence-electron chi connectivity index (χ1n) is 10.8. The summed E-state index contributed by atoms with van der Waals surface area (Å²) in [6.45, 7) is 0.256. The van der Waals surface area contributed by atoms with Crippen LogP contribution in [0.25, 0.3) is 6.08 Å². The summed E-state index contributed by atoms with van der Waals surface area (Å²) in [7, 11) is -3.68. The third-order valence-electron chi connectivity index (χ3n) is 4.96. The fourth-order valence-electron chi connectivity index (χ4n) is 3.22. The highest BCUT2D eigenvalue weighted by Gasteiger charge is 2.13. The number of carboxylic acid groups (broad SMARTS) is 1. The summed E-state index contributed by atoms with van der Waals surface area (Å²) in [5.74, 6) is -0.259. The molecule has 3 aromatic rings. The first-order valence-corrected chi connectivity index (χ1v) is 12.3. The highest BCUT2D eigenvalue weighted by atomic mass is 32.2. The minimum atomic E-state index is -3.68. The molecule has 0 fully saturated rings. The summed E-state index contributed by atoms with van der Waals surface area (Å²) in [6.07, 6.45) is 3.29. The van der Waals surface area contributed by atoms with Gasteiger partial charge in [0, 0.05) is 18.5 Å². The molecule has 0 saturated carbocycles. The van der Waals surface area contributed by atoms with Gasteiger partial charge in [-0.2, -0.15) is 0 Å². The Labute approximate surface area is 199 Å². The van der Waals surface area contributed by atoms with Crippen molar-refractivity contribution >= 4 is 27.8 Å². The van der Waals surface area contributed by atoms with Crippen LogP contribution in [-0.2, 0) is 21.2 Å². The number of benzene rings is 3. The predicted octanol–water partition coefficient (Wildman–Crippen LogP) is 4.35. The monoisotopic (exact) mass is 481 g/mol. The van der Waals surface area contributed by atoms with Gasteiger partial charge in [-0.15, -0.1) is 0 Å². The number of hydrogen-bond donors (Lipinski definition) is 3. The molecule has 178 valence electrons. The maximum atomic E-state index is 12.5. The lowest BCUT2D eigenvalue weighted by Crippen LogP contribution is -2.12. The molecule has 0 amide bonds. The van der Waals surface area contributed by atoms with Gasteiger partial charge in [-0.05, 0) is 47.9 Å². The van der Waals surface area contributed by atoms with Crippen molar-refractivity contribution in [3.63, 3.8) is 0 Å². The molecule has 0 aromatic heterocycles. The van der Waals surface area contributed by atoms with E-state index >= 15 is 0 Å². The Morgan fingerprint density at radius 1 is 1.00 bits per heavy atom. The van der Waals surface area contributed by atoms with E-state index in [1.165, 1.54) is 12.1 Å². The molecule has 0 aliphatic carbocycles. The lowest BCUT2D eigenvalue weighted by atomic mass is 10.1. The number of sulfonamides is 1. The van der Waals surface area contributed by atoms with Crippen molar-refractivity contribution in [3.05, 3.63) is 96.1 Å². The standard InChI is InChI=1S/C26H27NO6S/c28-23(17-18-33-25-12-5-4-8-21(25)14-16-26(29)30)15-13-20-7-6-9-22(19-20)27-34(31,32)24-10-2-1-3-11-24/h1-13,15,19,23,27-28H,14,16-18H2,(H,29,30)/b15-13-/t23-/m0/s1. The Morgan fingerprint density at radius 2 is 1.74 bits per heavy atom. The number of aliphatic carboxylic acids is 1. The van der Waals surface area contributed by atoms with Crippen molar-refractivity contribution in [2.24, 2.45) is 0 Å². The van der Waals surface area contributed by atoms with Crippen LogP contribution in [0.4, 0.5) is 5.69 Å². The number of ether oxygens (including phenoxy) is 1. The van der Waals surface area contributed by atoms with Crippen LogP contribution in [0.3, 0.4) is 0 Å². The first-order chi connectivity index (χ1) is 16.3. The first kappa shape index (κ1) is 25.0. The molecule has 0 aliphatic heterocycles. The van der Waals surface area contributed by atoms with E-state index in [1.807, 2.05) is 18.2 Å².